The van der Waals surface area contributed by atoms with Gasteiger partial charge in [0, 0.05) is 11.1 Å². The van der Waals surface area contributed by atoms with Gasteiger partial charge in [0.05, 0.1) is 0 Å². The summed E-state index contributed by atoms with van der Waals surface area (Å²) in [6, 6.07) is 7.50. The summed E-state index contributed by atoms with van der Waals surface area (Å²) in [6.07, 6.45) is 6.04. The van der Waals surface area contributed by atoms with Gasteiger partial charge in [0.2, 0.25) is 0 Å². The molecule has 0 aromatic heterocycles. The maximum Gasteiger partial charge on any atom is 0.139 e. The largest absolute Gasteiger partial charge is 0.372 e. The maximum absolute atomic E-state index is 11.1. The number of hydrogen-bond donors (Lipinski definition) is 8. The molecule has 186 valence electrons. The van der Waals surface area contributed by atoms with Crippen molar-refractivity contribution < 1.29 is 10.2 Å². The summed E-state index contributed by atoms with van der Waals surface area (Å²) in [7, 11) is 0. The smallest absolute Gasteiger partial charge is 0.139 e. The fourth-order valence-electron chi connectivity index (χ4n) is 3.65. The Morgan fingerprint density at radius 2 is 1.00 bits per heavy atom. The number of nitrogens with one attached hydrogen (secondary N) is 4. The summed E-state index contributed by atoms with van der Waals surface area (Å²) in [5.41, 5.74) is 9.87. The van der Waals surface area contributed by atoms with Crippen molar-refractivity contribution in [2.24, 2.45) is 11.5 Å². The Morgan fingerprint density at radius 1 is 0.625 bits per heavy atom. The third kappa shape index (κ3) is 11.7. The molecule has 0 spiro atoms. The van der Waals surface area contributed by atoms with Gasteiger partial charge in [-0.15, -0.1) is 0 Å². The van der Waals surface area contributed by atoms with Crippen LogP contribution in [-0.4, -0.2) is 62.6 Å². The molecular formula is C24H48N6O2. The molecule has 2 unspecified atom stereocenters. The standard InChI is InChI=1S/C24H48N6O2/c1-23(31,29-19-9-17-27-15-7-5-13-25)21-11-3-4-12-22(21)24(2,32)30-20-10-18-28-16-8-6-14-26/h3-4,11-12,27-32H,5-10,13-20,25-26H2,1-2H3. The van der Waals surface area contributed by atoms with Gasteiger partial charge in [-0.05, 0) is 105 Å². The highest BCUT2D eigenvalue weighted by Crippen LogP contribution is 2.29. The van der Waals surface area contributed by atoms with Gasteiger partial charge in [-0.25, -0.2) is 0 Å². The van der Waals surface area contributed by atoms with Crippen molar-refractivity contribution in [3.63, 3.8) is 0 Å². The van der Waals surface area contributed by atoms with Crippen LogP contribution in [0.5, 0.6) is 0 Å². The first kappa shape index (κ1) is 28.9. The van der Waals surface area contributed by atoms with Crippen molar-refractivity contribution in [2.75, 3.05) is 52.4 Å². The van der Waals surface area contributed by atoms with Crippen molar-refractivity contribution >= 4 is 0 Å². The van der Waals surface area contributed by atoms with Gasteiger partial charge < -0.3 is 32.3 Å². The Hall–Kier alpha value is -1.10. The molecular weight excluding hydrogens is 404 g/mol. The zero-order valence-corrected chi connectivity index (χ0v) is 20.3. The minimum atomic E-state index is -1.24. The normalized spacial score (nSPS) is 15.4. The van der Waals surface area contributed by atoms with Crippen molar-refractivity contribution in [3.8, 4) is 0 Å². The Kier molecular flexibility index (Phi) is 14.9. The molecule has 0 saturated carbocycles. The van der Waals surface area contributed by atoms with Crippen LogP contribution in [-0.2, 0) is 11.4 Å². The molecule has 0 heterocycles. The third-order valence-corrected chi connectivity index (χ3v) is 5.59. The zero-order chi connectivity index (χ0) is 23.7. The highest BCUT2D eigenvalue weighted by molar-refractivity contribution is 5.35. The highest BCUT2D eigenvalue weighted by atomic mass is 16.3. The van der Waals surface area contributed by atoms with E-state index in [9.17, 15) is 10.2 Å². The number of hydrogen-bond acceptors (Lipinski definition) is 8. The molecule has 1 aromatic rings. The average molecular weight is 453 g/mol. The van der Waals surface area contributed by atoms with Crippen LogP contribution in [0.2, 0.25) is 0 Å². The van der Waals surface area contributed by atoms with E-state index < -0.39 is 11.4 Å². The Balaban J connectivity index is 2.49. The topological polar surface area (TPSA) is 141 Å². The van der Waals surface area contributed by atoms with Crippen LogP contribution in [0.15, 0.2) is 24.3 Å². The predicted molar refractivity (Wildman–Crippen MR) is 133 cm³/mol. The zero-order valence-electron chi connectivity index (χ0n) is 20.3. The minimum absolute atomic E-state index is 0.663. The fraction of sp³-hybridized carbons (Fsp3) is 0.750. The lowest BCUT2D eigenvalue weighted by atomic mass is 9.91. The SMILES string of the molecule is CC(O)(NCCCNCCCCN)c1ccccc1C(C)(O)NCCCNCCCCN. The van der Waals surface area contributed by atoms with Gasteiger partial charge in [-0.3, -0.25) is 10.6 Å². The molecule has 32 heavy (non-hydrogen) atoms. The monoisotopic (exact) mass is 452 g/mol. The van der Waals surface area contributed by atoms with E-state index in [0.717, 1.165) is 77.8 Å². The van der Waals surface area contributed by atoms with E-state index in [4.69, 9.17) is 11.5 Å². The van der Waals surface area contributed by atoms with Gasteiger partial charge in [-0.1, -0.05) is 24.3 Å². The molecule has 0 radical (unpaired) electrons. The van der Waals surface area contributed by atoms with E-state index in [2.05, 4.69) is 21.3 Å². The van der Waals surface area contributed by atoms with E-state index in [1.54, 1.807) is 13.8 Å². The fourth-order valence-corrected chi connectivity index (χ4v) is 3.65. The van der Waals surface area contributed by atoms with Crippen LogP contribution in [0.1, 0.15) is 63.5 Å². The van der Waals surface area contributed by atoms with Crippen LogP contribution >= 0.6 is 0 Å². The molecule has 0 amide bonds. The molecule has 8 nitrogen and oxygen atoms in total. The summed E-state index contributed by atoms with van der Waals surface area (Å²) >= 11 is 0. The summed E-state index contributed by atoms with van der Waals surface area (Å²) in [5, 5.41) is 35.5. The molecule has 0 saturated heterocycles. The van der Waals surface area contributed by atoms with Gasteiger partial charge >= 0.3 is 0 Å². The van der Waals surface area contributed by atoms with Crippen LogP contribution in [0.25, 0.3) is 0 Å². The lowest BCUT2D eigenvalue weighted by molar-refractivity contribution is -0.00505. The number of nitrogens with two attached hydrogens (primary N) is 2. The summed E-state index contributed by atoms with van der Waals surface area (Å²) in [6.45, 7) is 9.97. The van der Waals surface area contributed by atoms with E-state index >= 15 is 0 Å². The van der Waals surface area contributed by atoms with Crippen LogP contribution in [0, 0.1) is 0 Å². The van der Waals surface area contributed by atoms with Crippen LogP contribution in [0.3, 0.4) is 0 Å². The lowest BCUT2D eigenvalue weighted by Crippen LogP contribution is -2.46. The number of unbranched alkanes of at least 4 members (excludes halogenated alkanes) is 2. The number of benzene rings is 1. The summed E-state index contributed by atoms with van der Waals surface area (Å²) < 4.78 is 0. The second kappa shape index (κ2) is 16.5. The Labute approximate surface area is 194 Å². The van der Waals surface area contributed by atoms with Crippen molar-refractivity contribution in [1.82, 2.24) is 21.3 Å². The second-order valence-corrected chi connectivity index (χ2v) is 8.74. The molecule has 1 aromatic carbocycles. The van der Waals surface area contributed by atoms with Gasteiger partial charge in [0.1, 0.15) is 11.4 Å². The van der Waals surface area contributed by atoms with Crippen molar-refractivity contribution in [3.05, 3.63) is 35.4 Å². The molecule has 10 N–H and O–H groups in total. The van der Waals surface area contributed by atoms with Gasteiger partial charge in [0.15, 0.2) is 0 Å². The average Bonchev–Trinajstić information content (AvgIpc) is 2.77. The molecule has 0 aliphatic rings. The highest BCUT2D eigenvalue weighted by Gasteiger charge is 2.32. The lowest BCUT2D eigenvalue weighted by Gasteiger charge is -2.34. The van der Waals surface area contributed by atoms with Crippen LogP contribution < -0.4 is 32.7 Å². The number of rotatable bonds is 20. The molecule has 0 fully saturated rings. The van der Waals surface area contributed by atoms with E-state index in [1.807, 2.05) is 24.3 Å². The summed E-state index contributed by atoms with van der Waals surface area (Å²) in [5.74, 6) is 0. The molecule has 0 aliphatic heterocycles. The van der Waals surface area contributed by atoms with E-state index in [-0.39, 0.29) is 0 Å². The van der Waals surface area contributed by atoms with E-state index in [0.29, 0.717) is 24.2 Å². The second-order valence-electron chi connectivity index (χ2n) is 8.74. The number of aliphatic hydroxyl groups is 2. The predicted octanol–water partition coefficient (Wildman–Crippen LogP) is 0.633. The first-order valence-corrected chi connectivity index (χ1v) is 12.2. The van der Waals surface area contributed by atoms with E-state index in [1.165, 1.54) is 0 Å². The molecule has 0 bridgehead atoms. The third-order valence-electron chi connectivity index (χ3n) is 5.59. The summed E-state index contributed by atoms with van der Waals surface area (Å²) in [4.78, 5) is 0. The molecule has 2 atom stereocenters. The first-order valence-electron chi connectivity index (χ1n) is 12.2. The van der Waals surface area contributed by atoms with Gasteiger partial charge in [-0.2, -0.15) is 0 Å². The maximum atomic E-state index is 11.1. The first-order chi connectivity index (χ1) is 15.3. The van der Waals surface area contributed by atoms with Crippen molar-refractivity contribution in [1.29, 1.82) is 0 Å². The molecule has 8 heteroatoms. The Morgan fingerprint density at radius 3 is 1.38 bits per heavy atom. The van der Waals surface area contributed by atoms with Crippen molar-refractivity contribution in [2.45, 2.75) is 63.8 Å². The quantitative estimate of drug-likeness (QED) is 0.106. The molecule has 0 aliphatic carbocycles. The Bertz CT molecular complexity index is 547. The minimum Gasteiger partial charge on any atom is -0.372 e. The van der Waals surface area contributed by atoms with Gasteiger partial charge in [0.25, 0.3) is 0 Å². The molecule has 1 rings (SSSR count). The van der Waals surface area contributed by atoms with Crippen LogP contribution in [0.4, 0.5) is 0 Å².